The summed E-state index contributed by atoms with van der Waals surface area (Å²) in [4.78, 5) is 4.96. The molecule has 0 aliphatic heterocycles. The highest BCUT2D eigenvalue weighted by Gasteiger charge is 2.19. The number of aromatic nitrogens is 4. The van der Waals surface area contributed by atoms with Crippen LogP contribution >= 0.6 is 0 Å². The molecule has 2 heterocycles. The molecule has 0 saturated heterocycles. The number of fused-ring (bicyclic) bond motifs is 3. The van der Waals surface area contributed by atoms with Crippen LogP contribution in [-0.2, 0) is 0 Å². The zero-order valence-electron chi connectivity index (χ0n) is 14.8. The van der Waals surface area contributed by atoms with Gasteiger partial charge in [0.15, 0.2) is 5.65 Å². The van der Waals surface area contributed by atoms with Crippen molar-refractivity contribution >= 4 is 22.4 Å². The van der Waals surface area contributed by atoms with E-state index in [0.717, 1.165) is 33.6 Å². The maximum Gasteiger partial charge on any atom is 0.186 e. The van der Waals surface area contributed by atoms with Gasteiger partial charge in [-0.3, -0.25) is 0 Å². The highest BCUT2D eigenvalue weighted by molar-refractivity contribution is 5.93. The van der Waals surface area contributed by atoms with E-state index in [1.54, 1.807) is 0 Å². The number of hydrogen-bond acceptors (Lipinski definition) is 4. The normalized spacial score (nSPS) is 15.1. The standard InChI is InChI=1S/C21H21N5/c1-14-7-6-8-15(13-14)19-21-23-20(22-16-9-2-3-10-16)17-11-4-5-12-18(17)26(21)25-24-19/h4-8,11-13,16H,2-3,9-10H2,1H3,(H,22,23). The number of benzene rings is 2. The third-order valence-electron chi connectivity index (χ3n) is 5.24. The number of rotatable bonds is 3. The van der Waals surface area contributed by atoms with Crippen LogP contribution < -0.4 is 5.32 Å². The largest absolute Gasteiger partial charge is 0.367 e. The van der Waals surface area contributed by atoms with E-state index in [2.05, 4.69) is 59.0 Å². The number of hydrogen-bond donors (Lipinski definition) is 1. The summed E-state index contributed by atoms with van der Waals surface area (Å²) < 4.78 is 1.85. The Labute approximate surface area is 152 Å². The highest BCUT2D eigenvalue weighted by atomic mass is 15.4. The zero-order chi connectivity index (χ0) is 17.5. The molecular formula is C21H21N5. The Kier molecular flexibility index (Phi) is 3.59. The van der Waals surface area contributed by atoms with Crippen molar-refractivity contribution in [2.75, 3.05) is 5.32 Å². The summed E-state index contributed by atoms with van der Waals surface area (Å²) in [5, 5.41) is 13.6. The number of nitrogens with one attached hydrogen (secondary N) is 1. The van der Waals surface area contributed by atoms with E-state index in [1.807, 2.05) is 16.6 Å². The Morgan fingerprint density at radius 2 is 1.88 bits per heavy atom. The predicted molar refractivity (Wildman–Crippen MR) is 104 cm³/mol. The second-order valence-electron chi connectivity index (χ2n) is 7.15. The van der Waals surface area contributed by atoms with Gasteiger partial charge in [-0.2, -0.15) is 4.52 Å². The van der Waals surface area contributed by atoms with Gasteiger partial charge >= 0.3 is 0 Å². The van der Waals surface area contributed by atoms with Crippen molar-refractivity contribution < 1.29 is 0 Å². The lowest BCUT2D eigenvalue weighted by Gasteiger charge is -2.15. The van der Waals surface area contributed by atoms with Crippen LogP contribution in [0.4, 0.5) is 5.82 Å². The molecule has 5 rings (SSSR count). The maximum atomic E-state index is 4.96. The van der Waals surface area contributed by atoms with Crippen molar-refractivity contribution in [1.82, 2.24) is 19.8 Å². The molecule has 5 heteroatoms. The molecule has 1 aliphatic carbocycles. The Morgan fingerprint density at radius 1 is 1.04 bits per heavy atom. The summed E-state index contributed by atoms with van der Waals surface area (Å²) in [6.45, 7) is 2.09. The molecule has 130 valence electrons. The first-order chi connectivity index (χ1) is 12.8. The van der Waals surface area contributed by atoms with E-state index in [-0.39, 0.29) is 0 Å². The zero-order valence-corrected chi connectivity index (χ0v) is 14.8. The Morgan fingerprint density at radius 3 is 2.73 bits per heavy atom. The molecule has 2 aromatic heterocycles. The molecule has 4 aromatic rings. The van der Waals surface area contributed by atoms with Gasteiger partial charge in [-0.05, 0) is 38.0 Å². The molecule has 0 amide bonds. The van der Waals surface area contributed by atoms with E-state index >= 15 is 0 Å². The van der Waals surface area contributed by atoms with Gasteiger partial charge in [0, 0.05) is 17.0 Å². The van der Waals surface area contributed by atoms with E-state index < -0.39 is 0 Å². The van der Waals surface area contributed by atoms with E-state index in [1.165, 1.54) is 31.2 Å². The average Bonchev–Trinajstić information content (AvgIpc) is 3.32. The third-order valence-corrected chi connectivity index (χ3v) is 5.24. The summed E-state index contributed by atoms with van der Waals surface area (Å²) in [7, 11) is 0. The third kappa shape index (κ3) is 2.51. The molecule has 0 bridgehead atoms. The number of anilines is 1. The lowest BCUT2D eigenvalue weighted by Crippen LogP contribution is -2.16. The molecule has 0 spiro atoms. The molecule has 2 aromatic carbocycles. The first kappa shape index (κ1) is 15.3. The van der Waals surface area contributed by atoms with Gasteiger partial charge in [-0.25, -0.2) is 4.98 Å². The van der Waals surface area contributed by atoms with Gasteiger partial charge in [0.25, 0.3) is 0 Å². The topological polar surface area (TPSA) is 55.1 Å². The SMILES string of the molecule is Cc1cccc(-c2nnn3c2nc(NC2CCCC2)c2ccccc23)c1. The highest BCUT2D eigenvalue weighted by Crippen LogP contribution is 2.30. The lowest BCUT2D eigenvalue weighted by atomic mass is 10.1. The molecule has 5 nitrogen and oxygen atoms in total. The van der Waals surface area contributed by atoms with Crippen LogP contribution in [0.15, 0.2) is 48.5 Å². The number of para-hydroxylation sites is 1. The summed E-state index contributed by atoms with van der Waals surface area (Å²) in [5.74, 6) is 0.941. The minimum atomic E-state index is 0.506. The first-order valence-electron chi connectivity index (χ1n) is 9.27. The van der Waals surface area contributed by atoms with Crippen LogP contribution in [-0.4, -0.2) is 25.9 Å². The van der Waals surface area contributed by atoms with Crippen LogP contribution in [0.25, 0.3) is 27.8 Å². The summed E-state index contributed by atoms with van der Waals surface area (Å²) in [6.07, 6.45) is 5.01. The van der Waals surface area contributed by atoms with Gasteiger partial charge in [0.1, 0.15) is 11.5 Å². The maximum absolute atomic E-state index is 4.96. The van der Waals surface area contributed by atoms with E-state index in [4.69, 9.17) is 4.98 Å². The molecule has 1 N–H and O–H groups in total. The van der Waals surface area contributed by atoms with Gasteiger partial charge in [0.05, 0.1) is 5.52 Å². The molecule has 1 aliphatic rings. The smallest absolute Gasteiger partial charge is 0.186 e. The molecule has 1 fully saturated rings. The minimum absolute atomic E-state index is 0.506. The summed E-state index contributed by atoms with van der Waals surface area (Å²) in [5.41, 5.74) is 4.91. The fraction of sp³-hybridized carbons (Fsp3) is 0.286. The molecule has 0 radical (unpaired) electrons. The molecule has 0 unspecified atom stereocenters. The van der Waals surface area contributed by atoms with Crippen molar-refractivity contribution in [3.8, 4) is 11.3 Å². The average molecular weight is 343 g/mol. The molecular weight excluding hydrogens is 322 g/mol. The molecule has 1 saturated carbocycles. The van der Waals surface area contributed by atoms with Crippen LogP contribution in [0.3, 0.4) is 0 Å². The lowest BCUT2D eigenvalue weighted by molar-refractivity contribution is 0.751. The molecule has 0 atom stereocenters. The van der Waals surface area contributed by atoms with Crippen molar-refractivity contribution in [3.05, 3.63) is 54.1 Å². The van der Waals surface area contributed by atoms with Gasteiger partial charge < -0.3 is 5.32 Å². The number of aryl methyl sites for hydroxylation is 1. The Hall–Kier alpha value is -2.95. The Bertz CT molecular complexity index is 1090. The second kappa shape index (κ2) is 6.09. The van der Waals surface area contributed by atoms with Crippen LogP contribution in [0.1, 0.15) is 31.2 Å². The van der Waals surface area contributed by atoms with Crippen molar-refractivity contribution in [2.45, 2.75) is 38.6 Å². The van der Waals surface area contributed by atoms with Crippen molar-refractivity contribution in [1.29, 1.82) is 0 Å². The van der Waals surface area contributed by atoms with Crippen LogP contribution in [0, 0.1) is 6.92 Å². The van der Waals surface area contributed by atoms with E-state index in [0.29, 0.717) is 6.04 Å². The van der Waals surface area contributed by atoms with Crippen LogP contribution in [0.5, 0.6) is 0 Å². The van der Waals surface area contributed by atoms with E-state index in [9.17, 15) is 0 Å². The number of nitrogens with zero attached hydrogens (tertiary/aromatic N) is 4. The quantitative estimate of drug-likeness (QED) is 0.590. The van der Waals surface area contributed by atoms with Gasteiger partial charge in [-0.1, -0.05) is 54.0 Å². The van der Waals surface area contributed by atoms with Crippen molar-refractivity contribution in [2.24, 2.45) is 0 Å². The van der Waals surface area contributed by atoms with Gasteiger partial charge in [-0.15, -0.1) is 5.10 Å². The summed E-state index contributed by atoms with van der Waals surface area (Å²) >= 11 is 0. The minimum Gasteiger partial charge on any atom is -0.367 e. The monoisotopic (exact) mass is 343 g/mol. The second-order valence-corrected chi connectivity index (χ2v) is 7.15. The fourth-order valence-electron chi connectivity index (χ4n) is 3.92. The van der Waals surface area contributed by atoms with Gasteiger partial charge in [0.2, 0.25) is 0 Å². The summed E-state index contributed by atoms with van der Waals surface area (Å²) in [6, 6.07) is 17.1. The first-order valence-corrected chi connectivity index (χ1v) is 9.27. The fourth-order valence-corrected chi connectivity index (χ4v) is 3.92. The van der Waals surface area contributed by atoms with Crippen molar-refractivity contribution in [3.63, 3.8) is 0 Å². The Balaban J connectivity index is 1.73. The molecule has 26 heavy (non-hydrogen) atoms. The predicted octanol–water partition coefficient (Wildman–Crippen LogP) is 4.61. The van der Waals surface area contributed by atoms with Crippen LogP contribution in [0.2, 0.25) is 0 Å².